The van der Waals surface area contributed by atoms with Crippen LogP contribution in [0.3, 0.4) is 0 Å². The Hall–Kier alpha value is -1.22. The van der Waals surface area contributed by atoms with Crippen LogP contribution in [0, 0.1) is 0 Å². The van der Waals surface area contributed by atoms with Gasteiger partial charge in [0.1, 0.15) is 12.8 Å². The fourth-order valence-electron chi connectivity index (χ4n) is 1.97. The first-order valence-corrected chi connectivity index (χ1v) is 7.05. The normalized spacial score (nSPS) is 32.1. The highest BCUT2D eigenvalue weighted by atomic mass is 79.9. The standard InChI is InChI=1S/C12H16BrFO7/c1-5(15)18-9-8(4-14)21-12(13)11(20-7(3)17)10(9)19-6(2)16/h8-12H,4H2,1-3H3/t8?,9-,10?,11?,12-/m0/s1. The zero-order chi connectivity index (χ0) is 16.2. The minimum Gasteiger partial charge on any atom is -0.456 e. The zero-order valence-electron chi connectivity index (χ0n) is 11.7. The number of esters is 3. The van der Waals surface area contributed by atoms with Crippen molar-refractivity contribution in [1.82, 2.24) is 0 Å². The second kappa shape index (κ2) is 7.69. The van der Waals surface area contributed by atoms with Crippen molar-refractivity contribution < 1.29 is 37.7 Å². The molecule has 0 spiro atoms. The summed E-state index contributed by atoms with van der Waals surface area (Å²) in [5.74, 6) is -2.03. The van der Waals surface area contributed by atoms with Crippen molar-refractivity contribution >= 4 is 33.8 Å². The van der Waals surface area contributed by atoms with Gasteiger partial charge < -0.3 is 18.9 Å². The van der Waals surface area contributed by atoms with Gasteiger partial charge >= 0.3 is 17.9 Å². The average Bonchev–Trinajstić information content (AvgIpc) is 2.35. The second-order valence-corrected chi connectivity index (χ2v) is 5.30. The van der Waals surface area contributed by atoms with Crippen LogP contribution in [0.15, 0.2) is 0 Å². The number of carbonyl (C=O) groups excluding carboxylic acids is 3. The molecule has 1 fully saturated rings. The molecular formula is C12H16BrFO7. The summed E-state index contributed by atoms with van der Waals surface area (Å²) in [5, 5.41) is -0.904. The molecule has 7 nitrogen and oxygen atoms in total. The Bertz CT molecular complexity index is 416. The monoisotopic (exact) mass is 370 g/mol. The molecule has 0 saturated carbocycles. The molecule has 0 radical (unpaired) electrons. The number of hydrogen-bond donors (Lipinski definition) is 0. The van der Waals surface area contributed by atoms with Crippen LogP contribution in [-0.2, 0) is 33.3 Å². The number of halogens is 2. The van der Waals surface area contributed by atoms with Gasteiger partial charge in [0.15, 0.2) is 23.3 Å². The summed E-state index contributed by atoms with van der Waals surface area (Å²) in [4.78, 5) is 33.5. The van der Waals surface area contributed by atoms with Crippen LogP contribution in [0.1, 0.15) is 20.8 Å². The molecule has 0 aromatic carbocycles. The van der Waals surface area contributed by atoms with Gasteiger partial charge in [-0.05, 0) is 0 Å². The van der Waals surface area contributed by atoms with Crippen molar-refractivity contribution in [2.24, 2.45) is 0 Å². The van der Waals surface area contributed by atoms with Gasteiger partial charge in [-0.15, -0.1) is 0 Å². The Labute approximate surface area is 129 Å². The van der Waals surface area contributed by atoms with E-state index in [1.165, 1.54) is 0 Å². The number of carbonyl (C=O) groups is 3. The molecule has 0 aromatic heterocycles. The maximum absolute atomic E-state index is 13.1. The highest BCUT2D eigenvalue weighted by Crippen LogP contribution is 2.31. The molecule has 1 heterocycles. The van der Waals surface area contributed by atoms with Gasteiger partial charge in [-0.1, -0.05) is 15.9 Å². The van der Waals surface area contributed by atoms with Crippen LogP contribution in [-0.4, -0.2) is 54.0 Å². The molecule has 5 atom stereocenters. The van der Waals surface area contributed by atoms with Gasteiger partial charge in [-0.25, -0.2) is 4.39 Å². The lowest BCUT2D eigenvalue weighted by molar-refractivity contribution is -0.232. The molecule has 0 amide bonds. The lowest BCUT2D eigenvalue weighted by atomic mass is 10.00. The Morgan fingerprint density at radius 2 is 1.38 bits per heavy atom. The fraction of sp³-hybridized carbons (Fsp3) is 0.750. The van der Waals surface area contributed by atoms with E-state index in [9.17, 15) is 18.8 Å². The van der Waals surface area contributed by atoms with E-state index in [0.717, 1.165) is 20.8 Å². The Balaban J connectivity index is 3.08. The quantitative estimate of drug-likeness (QED) is 0.412. The van der Waals surface area contributed by atoms with Gasteiger partial charge in [-0.3, -0.25) is 14.4 Å². The molecule has 1 aliphatic heterocycles. The SMILES string of the molecule is CC(=O)OC1C(OC(C)=O)[C@@H](Br)OC(CF)[C@@H]1OC(C)=O. The summed E-state index contributed by atoms with van der Waals surface area (Å²) >= 11 is 3.09. The first-order chi connectivity index (χ1) is 9.76. The predicted molar refractivity (Wildman–Crippen MR) is 70.2 cm³/mol. The smallest absolute Gasteiger partial charge is 0.303 e. The first kappa shape index (κ1) is 17.8. The number of hydrogen-bond acceptors (Lipinski definition) is 7. The Morgan fingerprint density at radius 1 is 0.952 bits per heavy atom. The van der Waals surface area contributed by atoms with Crippen molar-refractivity contribution in [3.05, 3.63) is 0 Å². The van der Waals surface area contributed by atoms with E-state index >= 15 is 0 Å². The van der Waals surface area contributed by atoms with E-state index in [4.69, 9.17) is 18.9 Å². The van der Waals surface area contributed by atoms with Crippen LogP contribution < -0.4 is 0 Å². The van der Waals surface area contributed by atoms with E-state index in [0.29, 0.717) is 0 Å². The lowest BCUT2D eigenvalue weighted by Gasteiger charge is -2.42. The average molecular weight is 371 g/mol. The fourth-order valence-corrected chi connectivity index (χ4v) is 2.65. The molecule has 9 heteroatoms. The van der Waals surface area contributed by atoms with Gasteiger partial charge in [-0.2, -0.15) is 0 Å². The Kier molecular flexibility index (Phi) is 6.53. The minimum absolute atomic E-state index is 0.648. The van der Waals surface area contributed by atoms with E-state index < -0.39 is 54.0 Å². The summed E-state index contributed by atoms with van der Waals surface area (Å²) < 4.78 is 33.4. The third-order valence-corrected chi connectivity index (χ3v) is 3.37. The number of ether oxygens (including phenoxy) is 4. The molecule has 1 rings (SSSR count). The molecule has 120 valence electrons. The van der Waals surface area contributed by atoms with Crippen LogP contribution in [0.5, 0.6) is 0 Å². The minimum atomic E-state index is -1.21. The number of alkyl halides is 2. The summed E-state index contributed by atoms with van der Waals surface area (Å²) in [6.07, 6.45) is -4.60. The summed E-state index contributed by atoms with van der Waals surface area (Å²) in [6.45, 7) is 2.46. The molecule has 0 aliphatic carbocycles. The lowest BCUT2D eigenvalue weighted by Crippen LogP contribution is -2.60. The second-order valence-electron chi connectivity index (χ2n) is 4.40. The van der Waals surface area contributed by atoms with Crippen molar-refractivity contribution in [3.8, 4) is 0 Å². The summed E-state index contributed by atoms with van der Waals surface area (Å²) in [5.41, 5.74) is 0. The van der Waals surface area contributed by atoms with E-state index in [-0.39, 0.29) is 0 Å². The molecule has 1 saturated heterocycles. The predicted octanol–water partition coefficient (Wildman–Crippen LogP) is 0.871. The van der Waals surface area contributed by atoms with Gasteiger partial charge in [0.2, 0.25) is 0 Å². The molecule has 3 unspecified atom stereocenters. The van der Waals surface area contributed by atoms with Gasteiger partial charge in [0.25, 0.3) is 0 Å². The van der Waals surface area contributed by atoms with Crippen LogP contribution in [0.25, 0.3) is 0 Å². The summed E-state index contributed by atoms with van der Waals surface area (Å²) in [7, 11) is 0. The maximum Gasteiger partial charge on any atom is 0.303 e. The first-order valence-electron chi connectivity index (χ1n) is 6.13. The van der Waals surface area contributed by atoms with E-state index in [1.807, 2.05) is 0 Å². The molecule has 1 aliphatic rings. The topological polar surface area (TPSA) is 88.1 Å². The molecule has 0 aromatic rings. The molecule has 0 bridgehead atoms. The largest absolute Gasteiger partial charge is 0.456 e. The molecule has 21 heavy (non-hydrogen) atoms. The Morgan fingerprint density at radius 3 is 1.81 bits per heavy atom. The molecule has 0 N–H and O–H groups in total. The van der Waals surface area contributed by atoms with Crippen LogP contribution in [0.4, 0.5) is 4.39 Å². The van der Waals surface area contributed by atoms with Crippen molar-refractivity contribution in [2.45, 2.75) is 50.2 Å². The van der Waals surface area contributed by atoms with E-state index in [2.05, 4.69) is 15.9 Å². The highest BCUT2D eigenvalue weighted by molar-refractivity contribution is 9.09. The van der Waals surface area contributed by atoms with E-state index in [1.54, 1.807) is 0 Å². The molecular weight excluding hydrogens is 355 g/mol. The highest BCUT2D eigenvalue weighted by Gasteiger charge is 2.50. The van der Waals surface area contributed by atoms with Gasteiger partial charge in [0.05, 0.1) is 0 Å². The maximum atomic E-state index is 13.1. The third-order valence-electron chi connectivity index (χ3n) is 2.64. The number of rotatable bonds is 4. The van der Waals surface area contributed by atoms with Crippen molar-refractivity contribution in [3.63, 3.8) is 0 Å². The van der Waals surface area contributed by atoms with Crippen LogP contribution >= 0.6 is 15.9 Å². The van der Waals surface area contributed by atoms with Crippen molar-refractivity contribution in [1.29, 1.82) is 0 Å². The third kappa shape index (κ3) is 4.92. The zero-order valence-corrected chi connectivity index (χ0v) is 13.3. The summed E-state index contributed by atoms with van der Waals surface area (Å²) in [6, 6.07) is 0. The van der Waals surface area contributed by atoms with Crippen molar-refractivity contribution in [2.75, 3.05) is 6.67 Å². The van der Waals surface area contributed by atoms with Gasteiger partial charge in [0, 0.05) is 20.8 Å². The van der Waals surface area contributed by atoms with Crippen LogP contribution in [0.2, 0.25) is 0 Å².